The molecule has 0 aliphatic carbocycles. The molecule has 0 aliphatic heterocycles. The summed E-state index contributed by atoms with van der Waals surface area (Å²) in [5, 5.41) is 2.39. The Balaban J connectivity index is 0.000000274. The first-order chi connectivity index (χ1) is 28.9. The maximum Gasteiger partial charge on any atom is 0.193 e. The van der Waals surface area contributed by atoms with Crippen LogP contribution in [0, 0.1) is 6.92 Å². The van der Waals surface area contributed by atoms with Crippen LogP contribution in [0.1, 0.15) is 65.7 Å². The Bertz CT molecular complexity index is 2660. The van der Waals surface area contributed by atoms with E-state index in [2.05, 4.69) is 177 Å². The van der Waals surface area contributed by atoms with E-state index in [1.807, 2.05) is 72.8 Å². The van der Waals surface area contributed by atoms with Crippen molar-refractivity contribution in [3.63, 3.8) is 0 Å². The van der Waals surface area contributed by atoms with Crippen LogP contribution < -0.4 is 4.90 Å². The highest BCUT2D eigenvalue weighted by atomic mass is 16.1. The molecular formula is C56H52N2O. The van der Waals surface area contributed by atoms with Crippen molar-refractivity contribution in [1.29, 1.82) is 0 Å². The maximum atomic E-state index is 13.4. The molecule has 0 radical (unpaired) electrons. The van der Waals surface area contributed by atoms with Crippen molar-refractivity contribution in [3.05, 3.63) is 240 Å². The minimum absolute atomic E-state index is 0.0251. The zero-order valence-corrected chi connectivity index (χ0v) is 34.5. The summed E-state index contributed by atoms with van der Waals surface area (Å²) in [4.78, 5) is 15.7. The molecule has 8 aromatic carbocycles. The van der Waals surface area contributed by atoms with E-state index < -0.39 is 0 Å². The van der Waals surface area contributed by atoms with Gasteiger partial charge in [-0.25, -0.2) is 0 Å². The molecule has 59 heavy (non-hydrogen) atoms. The molecule has 0 bridgehead atoms. The van der Waals surface area contributed by atoms with E-state index in [4.69, 9.17) is 0 Å². The third-order valence-electron chi connectivity index (χ3n) is 10.4. The fourth-order valence-electron chi connectivity index (χ4n) is 7.44. The minimum Gasteiger partial charge on any atom is -0.310 e. The normalized spacial score (nSPS) is 10.7. The van der Waals surface area contributed by atoms with Gasteiger partial charge in [-0.1, -0.05) is 178 Å². The van der Waals surface area contributed by atoms with Gasteiger partial charge < -0.3 is 9.47 Å². The molecular weight excluding hydrogens is 717 g/mol. The second kappa shape index (κ2) is 19.5. The highest BCUT2D eigenvalue weighted by Gasteiger charge is 2.18. The number of para-hydroxylation sites is 2. The number of rotatable bonds is 9. The fourth-order valence-corrected chi connectivity index (χ4v) is 7.44. The van der Waals surface area contributed by atoms with E-state index >= 15 is 0 Å². The summed E-state index contributed by atoms with van der Waals surface area (Å²) in [5.74, 6) is 0.684. The molecule has 3 nitrogen and oxygen atoms in total. The number of aromatic nitrogens is 1. The summed E-state index contributed by atoms with van der Waals surface area (Å²) < 4.78 is 2.29. The third-order valence-corrected chi connectivity index (χ3v) is 10.4. The topological polar surface area (TPSA) is 25.2 Å². The standard InChI is InChI=1S/C40H32N2O.C9H12.C7H8/c1-2-13-29-22-24-38-36(26-29)37-28-35(41(32-17-8-4-9-18-32)33-19-10-5-11-20-33)23-25-39(37)42(38)34-21-12-16-31(27-34)40(43)30-14-6-3-7-15-30;1-8(2)9-6-4-3-5-7-9;1-7-5-3-2-4-6-7/h3-12,14-28H,2,13H2,1H3;3-8H,1-2H3;2-6H,1H3. The van der Waals surface area contributed by atoms with Gasteiger partial charge in [0.15, 0.2) is 5.78 Å². The Morgan fingerprint density at radius 2 is 1.02 bits per heavy atom. The lowest BCUT2D eigenvalue weighted by atomic mass is 10.0. The summed E-state index contributed by atoms with van der Waals surface area (Å²) in [6.07, 6.45) is 2.12. The Labute approximate surface area is 349 Å². The van der Waals surface area contributed by atoms with Crippen LogP contribution in [0.3, 0.4) is 0 Å². The second-order valence-corrected chi connectivity index (χ2v) is 15.1. The molecule has 9 aromatic rings. The number of ketones is 1. The molecule has 0 saturated carbocycles. The molecule has 0 unspecified atom stereocenters. The molecule has 1 heterocycles. The van der Waals surface area contributed by atoms with Gasteiger partial charge in [0.2, 0.25) is 0 Å². The number of aryl methyl sites for hydroxylation is 2. The number of carbonyl (C=O) groups excluding carboxylic acids is 1. The average molecular weight is 769 g/mol. The molecule has 0 aliphatic rings. The van der Waals surface area contributed by atoms with Crippen LogP contribution in [0.15, 0.2) is 212 Å². The number of carbonyl (C=O) groups is 1. The molecule has 292 valence electrons. The van der Waals surface area contributed by atoms with Crippen molar-refractivity contribution >= 4 is 44.7 Å². The fraction of sp³-hybridized carbons (Fsp3) is 0.125. The van der Waals surface area contributed by atoms with Crippen molar-refractivity contribution in [1.82, 2.24) is 4.57 Å². The number of hydrogen-bond donors (Lipinski definition) is 0. The second-order valence-electron chi connectivity index (χ2n) is 15.1. The lowest BCUT2D eigenvalue weighted by Crippen LogP contribution is -2.09. The average Bonchev–Trinajstić information content (AvgIpc) is 3.61. The van der Waals surface area contributed by atoms with Crippen molar-refractivity contribution in [2.24, 2.45) is 0 Å². The molecule has 9 rings (SSSR count). The number of nitrogens with zero attached hydrogens (tertiary/aromatic N) is 2. The van der Waals surface area contributed by atoms with Gasteiger partial charge in [0.1, 0.15) is 0 Å². The van der Waals surface area contributed by atoms with Gasteiger partial charge in [-0.15, -0.1) is 0 Å². The van der Waals surface area contributed by atoms with Gasteiger partial charge in [0, 0.05) is 44.6 Å². The predicted octanol–water partition coefficient (Wildman–Crippen LogP) is 15.2. The molecule has 0 N–H and O–H groups in total. The number of anilines is 3. The molecule has 0 saturated heterocycles. The van der Waals surface area contributed by atoms with Gasteiger partial charge in [-0.2, -0.15) is 0 Å². The SMILES string of the molecule is CC(C)c1ccccc1.CCCc1ccc2c(c1)c1cc(N(c3ccccc3)c3ccccc3)ccc1n2-c1cccc(C(=O)c2ccccc2)c1.Cc1ccccc1. The zero-order chi connectivity index (χ0) is 41.0. The Kier molecular flexibility index (Phi) is 13.3. The molecule has 0 spiro atoms. The van der Waals surface area contributed by atoms with Crippen LogP contribution in [-0.4, -0.2) is 10.4 Å². The monoisotopic (exact) mass is 768 g/mol. The summed E-state index contributed by atoms with van der Waals surface area (Å²) in [6, 6.07) is 72.8. The molecule has 0 amide bonds. The van der Waals surface area contributed by atoms with Crippen LogP contribution >= 0.6 is 0 Å². The van der Waals surface area contributed by atoms with Gasteiger partial charge in [0.05, 0.1) is 11.0 Å². The zero-order valence-electron chi connectivity index (χ0n) is 34.5. The van der Waals surface area contributed by atoms with Gasteiger partial charge >= 0.3 is 0 Å². The summed E-state index contributed by atoms with van der Waals surface area (Å²) in [7, 11) is 0. The maximum absolute atomic E-state index is 13.4. The van der Waals surface area contributed by atoms with E-state index in [0.29, 0.717) is 17.0 Å². The van der Waals surface area contributed by atoms with Crippen molar-refractivity contribution in [2.45, 2.75) is 46.5 Å². The van der Waals surface area contributed by atoms with E-state index in [0.717, 1.165) is 46.6 Å². The molecule has 3 heteroatoms. The summed E-state index contributed by atoms with van der Waals surface area (Å²) >= 11 is 0. The largest absolute Gasteiger partial charge is 0.310 e. The van der Waals surface area contributed by atoms with Crippen molar-refractivity contribution in [2.75, 3.05) is 4.90 Å². The van der Waals surface area contributed by atoms with E-state index in [9.17, 15) is 4.79 Å². The molecule has 0 atom stereocenters. The first-order valence-corrected chi connectivity index (χ1v) is 20.7. The number of benzene rings is 8. The quantitative estimate of drug-likeness (QED) is 0.137. The Morgan fingerprint density at radius 1 is 0.508 bits per heavy atom. The van der Waals surface area contributed by atoms with Crippen LogP contribution in [-0.2, 0) is 6.42 Å². The number of fused-ring (bicyclic) bond motifs is 3. The van der Waals surface area contributed by atoms with Gasteiger partial charge in [-0.3, -0.25) is 4.79 Å². The van der Waals surface area contributed by atoms with Crippen molar-refractivity contribution in [3.8, 4) is 5.69 Å². The Hall–Kier alpha value is -6.97. The lowest BCUT2D eigenvalue weighted by Gasteiger charge is -2.25. The van der Waals surface area contributed by atoms with E-state index in [1.54, 1.807) is 0 Å². The van der Waals surface area contributed by atoms with E-state index in [1.165, 1.54) is 27.5 Å². The first kappa shape index (κ1) is 40.2. The summed E-state index contributed by atoms with van der Waals surface area (Å²) in [5.41, 5.74) is 12.0. The highest BCUT2D eigenvalue weighted by molar-refractivity contribution is 6.12. The third kappa shape index (κ3) is 9.77. The van der Waals surface area contributed by atoms with Gasteiger partial charge in [0.25, 0.3) is 0 Å². The smallest absolute Gasteiger partial charge is 0.193 e. The van der Waals surface area contributed by atoms with Crippen LogP contribution in [0.5, 0.6) is 0 Å². The molecule has 0 fully saturated rings. The van der Waals surface area contributed by atoms with E-state index in [-0.39, 0.29) is 5.78 Å². The van der Waals surface area contributed by atoms with Crippen molar-refractivity contribution < 1.29 is 4.79 Å². The molecule has 1 aromatic heterocycles. The highest BCUT2D eigenvalue weighted by Crippen LogP contribution is 2.40. The van der Waals surface area contributed by atoms with Gasteiger partial charge in [-0.05, 0) is 97.1 Å². The number of hydrogen-bond acceptors (Lipinski definition) is 2. The lowest BCUT2D eigenvalue weighted by molar-refractivity contribution is 0.103. The van der Waals surface area contributed by atoms with Crippen LogP contribution in [0.2, 0.25) is 0 Å². The van der Waals surface area contributed by atoms with Crippen LogP contribution in [0.4, 0.5) is 17.1 Å². The first-order valence-electron chi connectivity index (χ1n) is 20.7. The Morgan fingerprint density at radius 3 is 1.54 bits per heavy atom. The predicted molar refractivity (Wildman–Crippen MR) is 251 cm³/mol. The van der Waals surface area contributed by atoms with Crippen LogP contribution in [0.25, 0.3) is 27.5 Å². The minimum atomic E-state index is 0.0251. The summed E-state index contributed by atoms with van der Waals surface area (Å²) in [6.45, 7) is 8.71.